The van der Waals surface area contributed by atoms with Crippen LogP contribution in [0.2, 0.25) is 0 Å². The van der Waals surface area contributed by atoms with Gasteiger partial charge in [0.05, 0.1) is 12.7 Å². The topological polar surface area (TPSA) is 18.5 Å². The zero-order chi connectivity index (χ0) is 17.6. The molecule has 1 aliphatic carbocycles. The molecule has 1 saturated carbocycles. The van der Waals surface area contributed by atoms with Crippen molar-refractivity contribution in [2.45, 2.75) is 59.2 Å². The Morgan fingerprint density at radius 2 is 1.69 bits per heavy atom. The molecule has 0 atom stereocenters. The molecule has 2 nitrogen and oxygen atoms in total. The number of hydrogen-bond acceptors (Lipinski definition) is 2. The van der Waals surface area contributed by atoms with Crippen molar-refractivity contribution in [3.8, 4) is 5.75 Å². The van der Waals surface area contributed by atoms with Crippen molar-refractivity contribution >= 4 is 0 Å². The first-order valence-electron chi connectivity index (χ1n) is 9.39. The van der Waals surface area contributed by atoms with E-state index in [0.29, 0.717) is 18.6 Å². The van der Waals surface area contributed by atoms with Crippen LogP contribution in [0.25, 0.3) is 0 Å². The number of ether oxygens (including phenoxy) is 2. The summed E-state index contributed by atoms with van der Waals surface area (Å²) >= 11 is 0. The number of hydrogen-bond donors (Lipinski definition) is 0. The molecule has 1 aliphatic rings. The van der Waals surface area contributed by atoms with Crippen LogP contribution in [-0.4, -0.2) is 12.7 Å². The van der Waals surface area contributed by atoms with Crippen molar-refractivity contribution in [3.63, 3.8) is 0 Å². The fourth-order valence-electron chi connectivity index (χ4n) is 3.35. The summed E-state index contributed by atoms with van der Waals surface area (Å²) in [5.74, 6) is 1.63. The zero-order valence-electron chi connectivity index (χ0n) is 16.3. The number of rotatable bonds is 6. The molecule has 1 radical (unpaired) electrons. The van der Waals surface area contributed by atoms with Crippen LogP contribution in [0.5, 0.6) is 5.75 Å². The van der Waals surface area contributed by atoms with Gasteiger partial charge in [0.25, 0.3) is 0 Å². The van der Waals surface area contributed by atoms with Crippen LogP contribution in [0, 0.1) is 32.8 Å². The average molecular weight is 426 g/mol. The fourth-order valence-corrected chi connectivity index (χ4v) is 3.35. The molecule has 0 heterocycles. The van der Waals surface area contributed by atoms with Gasteiger partial charge >= 0.3 is 0 Å². The first-order chi connectivity index (χ1) is 12.1. The van der Waals surface area contributed by atoms with Gasteiger partial charge in [-0.25, -0.2) is 0 Å². The van der Waals surface area contributed by atoms with E-state index in [1.165, 1.54) is 35.1 Å². The largest absolute Gasteiger partial charge is 0.493 e. The van der Waals surface area contributed by atoms with Crippen LogP contribution in [0.15, 0.2) is 36.4 Å². The van der Waals surface area contributed by atoms with Crippen LogP contribution in [0.3, 0.4) is 0 Å². The van der Waals surface area contributed by atoms with E-state index in [4.69, 9.17) is 9.47 Å². The Balaban J connectivity index is 0.00000243. The van der Waals surface area contributed by atoms with Gasteiger partial charge in [0.2, 0.25) is 0 Å². The van der Waals surface area contributed by atoms with Crippen molar-refractivity contribution in [2.75, 3.05) is 6.61 Å². The Labute approximate surface area is 183 Å². The van der Waals surface area contributed by atoms with E-state index in [2.05, 4.69) is 63.2 Å². The van der Waals surface area contributed by atoms with Crippen molar-refractivity contribution in [1.82, 2.24) is 0 Å². The maximum absolute atomic E-state index is 6.13. The minimum absolute atomic E-state index is 0. The second-order valence-corrected chi connectivity index (χ2v) is 7.39. The molecule has 0 bridgehead atoms. The third kappa shape index (κ3) is 6.48. The summed E-state index contributed by atoms with van der Waals surface area (Å²) in [5.41, 5.74) is 5.01. The molecule has 3 heteroatoms. The van der Waals surface area contributed by atoms with E-state index in [1.54, 1.807) is 0 Å². The van der Waals surface area contributed by atoms with E-state index in [-0.39, 0.29) is 32.7 Å². The SMILES string of the molecule is Cc1ccc(OCC2CCC(OCc3c[c-]c(C)c(C)c3)CC2)cc1.[Y]. The Morgan fingerprint density at radius 3 is 2.35 bits per heavy atom. The van der Waals surface area contributed by atoms with Crippen LogP contribution < -0.4 is 4.74 Å². The zero-order valence-corrected chi connectivity index (χ0v) is 19.1. The molecule has 0 amide bonds. The molecule has 3 rings (SSSR count). The maximum atomic E-state index is 6.13. The minimum Gasteiger partial charge on any atom is -0.493 e. The second-order valence-electron chi connectivity index (χ2n) is 7.39. The van der Waals surface area contributed by atoms with Crippen molar-refractivity contribution in [3.05, 3.63) is 64.7 Å². The van der Waals surface area contributed by atoms with Gasteiger partial charge in [-0.05, 0) is 50.7 Å². The summed E-state index contributed by atoms with van der Waals surface area (Å²) < 4.78 is 12.1. The Bertz CT molecular complexity index is 673. The van der Waals surface area contributed by atoms with Gasteiger partial charge in [0.15, 0.2) is 0 Å². The van der Waals surface area contributed by atoms with Crippen molar-refractivity contribution in [1.29, 1.82) is 0 Å². The fraction of sp³-hybridized carbons (Fsp3) is 0.478. The molecule has 0 unspecified atom stereocenters. The summed E-state index contributed by atoms with van der Waals surface area (Å²) in [6.45, 7) is 7.85. The third-order valence-electron chi connectivity index (χ3n) is 5.25. The van der Waals surface area contributed by atoms with Crippen molar-refractivity contribution in [2.24, 2.45) is 5.92 Å². The average Bonchev–Trinajstić information content (AvgIpc) is 2.63. The number of aryl methyl sites for hydroxylation is 3. The predicted molar refractivity (Wildman–Crippen MR) is 102 cm³/mol. The molecular weight excluding hydrogens is 397 g/mol. The van der Waals surface area contributed by atoms with Gasteiger partial charge in [-0.3, -0.25) is 0 Å². The minimum atomic E-state index is 0. The monoisotopic (exact) mass is 426 g/mol. The number of benzene rings is 2. The Kier molecular flexibility index (Phi) is 8.80. The van der Waals surface area contributed by atoms with E-state index in [0.717, 1.165) is 25.2 Å². The molecule has 1 fully saturated rings. The Morgan fingerprint density at radius 1 is 1.00 bits per heavy atom. The molecule has 2 aromatic rings. The van der Waals surface area contributed by atoms with Gasteiger partial charge in [-0.15, -0.1) is 5.56 Å². The first kappa shape index (κ1) is 21.6. The molecule has 0 saturated heterocycles. The van der Waals surface area contributed by atoms with E-state index in [1.807, 2.05) is 0 Å². The summed E-state index contributed by atoms with van der Waals surface area (Å²) in [5, 5.41) is 0. The molecule has 2 aromatic carbocycles. The van der Waals surface area contributed by atoms with Gasteiger partial charge in [-0.2, -0.15) is 29.3 Å². The van der Waals surface area contributed by atoms with Crippen molar-refractivity contribution < 1.29 is 42.2 Å². The molecule has 0 N–H and O–H groups in total. The van der Waals surface area contributed by atoms with Gasteiger partial charge in [0, 0.05) is 39.3 Å². The first-order valence-corrected chi connectivity index (χ1v) is 9.39. The molecule has 137 valence electrons. The standard InChI is InChI=1S/C23H29O2.Y/c1-17-4-10-22(11-5-17)24-15-20-8-12-23(13-9-20)25-16-21-7-6-18(2)19(3)14-21;/h4-5,7,10-11,14,20,23H,8-9,12-13,15-16H2,1-3H3;/q-1;. The van der Waals surface area contributed by atoms with Gasteiger partial charge < -0.3 is 9.47 Å². The van der Waals surface area contributed by atoms with E-state index >= 15 is 0 Å². The summed E-state index contributed by atoms with van der Waals surface area (Å²) in [4.78, 5) is 0. The van der Waals surface area contributed by atoms with Crippen LogP contribution in [0.4, 0.5) is 0 Å². The van der Waals surface area contributed by atoms with Crippen LogP contribution >= 0.6 is 0 Å². The molecule has 26 heavy (non-hydrogen) atoms. The second kappa shape index (κ2) is 10.6. The van der Waals surface area contributed by atoms with E-state index in [9.17, 15) is 0 Å². The molecule has 0 aromatic heterocycles. The van der Waals surface area contributed by atoms with Gasteiger partial charge in [-0.1, -0.05) is 31.5 Å². The smallest absolute Gasteiger partial charge is 0.119 e. The quantitative estimate of drug-likeness (QED) is 0.563. The van der Waals surface area contributed by atoms with Crippen LogP contribution in [-0.2, 0) is 44.1 Å². The maximum Gasteiger partial charge on any atom is 0.119 e. The van der Waals surface area contributed by atoms with E-state index < -0.39 is 0 Å². The normalized spacial score (nSPS) is 19.7. The molecule has 0 spiro atoms. The summed E-state index contributed by atoms with van der Waals surface area (Å²) in [7, 11) is 0. The third-order valence-corrected chi connectivity index (χ3v) is 5.25. The van der Waals surface area contributed by atoms with Crippen LogP contribution in [0.1, 0.15) is 47.9 Å². The Hall–Kier alpha value is -0.696. The van der Waals surface area contributed by atoms with Gasteiger partial charge in [0.1, 0.15) is 5.75 Å². The summed E-state index contributed by atoms with van der Waals surface area (Å²) in [6.07, 6.45) is 5.04. The molecule has 0 aliphatic heterocycles. The predicted octanol–water partition coefficient (Wildman–Crippen LogP) is 5.56. The summed E-state index contributed by atoms with van der Waals surface area (Å²) in [6, 6.07) is 15.9. The molecular formula is C23H29O2Y-.